The van der Waals surface area contributed by atoms with Crippen LogP contribution in [0, 0.1) is 0 Å². The molecule has 0 amide bonds. The smallest absolute Gasteiger partial charge is 0.0621 e. The number of morpholine rings is 1. The van der Waals surface area contributed by atoms with Crippen molar-refractivity contribution in [3.63, 3.8) is 0 Å². The molecule has 0 radical (unpaired) electrons. The van der Waals surface area contributed by atoms with E-state index in [1.54, 1.807) is 0 Å². The summed E-state index contributed by atoms with van der Waals surface area (Å²) in [4.78, 5) is 0. The highest BCUT2D eigenvalue weighted by Crippen LogP contribution is 2.17. The van der Waals surface area contributed by atoms with Gasteiger partial charge in [0.05, 0.1) is 13.2 Å². The summed E-state index contributed by atoms with van der Waals surface area (Å²) in [6, 6.07) is 1.41. The van der Waals surface area contributed by atoms with Crippen molar-refractivity contribution in [1.29, 1.82) is 0 Å². The van der Waals surface area contributed by atoms with Crippen LogP contribution in [0.25, 0.3) is 0 Å². The van der Waals surface area contributed by atoms with E-state index in [2.05, 4.69) is 19.2 Å². The predicted octanol–water partition coefficient (Wildman–Crippen LogP) is 2.19. The molecule has 2 unspecified atom stereocenters. The molecule has 0 spiro atoms. The summed E-state index contributed by atoms with van der Waals surface area (Å²) in [7, 11) is 0. The summed E-state index contributed by atoms with van der Waals surface area (Å²) in [5, 5.41) is 3.35. The van der Waals surface area contributed by atoms with Crippen molar-refractivity contribution in [2.75, 3.05) is 13.2 Å². The van der Waals surface area contributed by atoms with Gasteiger partial charge in [0.1, 0.15) is 0 Å². The Balaban J connectivity index is 0.000000211. The zero-order valence-electron chi connectivity index (χ0n) is 8.89. The highest BCUT2D eigenvalue weighted by molar-refractivity contribution is 4.91. The van der Waals surface area contributed by atoms with Gasteiger partial charge in [-0.15, -0.1) is 0 Å². The average molecular weight is 173 g/mol. The Labute approximate surface area is 76.7 Å². The largest absolute Gasteiger partial charge is 0.378 e. The summed E-state index contributed by atoms with van der Waals surface area (Å²) in [5.41, 5.74) is 0. The molecule has 2 atom stereocenters. The van der Waals surface area contributed by atoms with Crippen molar-refractivity contribution in [3.8, 4) is 0 Å². The number of ether oxygens (including phenoxy) is 1. The van der Waals surface area contributed by atoms with Crippen LogP contribution >= 0.6 is 0 Å². The zero-order chi connectivity index (χ0) is 9.40. The van der Waals surface area contributed by atoms with Crippen LogP contribution in [0.2, 0.25) is 0 Å². The van der Waals surface area contributed by atoms with Crippen LogP contribution in [0.4, 0.5) is 0 Å². The molecule has 2 bridgehead atoms. The van der Waals surface area contributed by atoms with Crippen molar-refractivity contribution < 1.29 is 4.74 Å². The number of hydrogen-bond donors (Lipinski definition) is 1. The summed E-state index contributed by atoms with van der Waals surface area (Å²) in [5.74, 6) is 0. The fourth-order valence-electron chi connectivity index (χ4n) is 1.24. The molecule has 0 aliphatic carbocycles. The van der Waals surface area contributed by atoms with Gasteiger partial charge in [0.15, 0.2) is 0 Å². The molecule has 3 heterocycles. The van der Waals surface area contributed by atoms with Crippen molar-refractivity contribution in [1.82, 2.24) is 5.32 Å². The van der Waals surface area contributed by atoms with E-state index < -0.39 is 0 Å². The Hall–Kier alpha value is -0.0800. The van der Waals surface area contributed by atoms with E-state index in [-0.39, 0.29) is 0 Å². The molecule has 74 valence electrons. The third-order valence-corrected chi connectivity index (χ3v) is 1.68. The van der Waals surface area contributed by atoms with Crippen molar-refractivity contribution in [2.45, 2.75) is 52.6 Å². The first-order valence-electron chi connectivity index (χ1n) is 5.20. The highest BCUT2D eigenvalue weighted by atomic mass is 16.5. The van der Waals surface area contributed by atoms with Gasteiger partial charge in [-0.1, -0.05) is 34.1 Å². The lowest BCUT2D eigenvalue weighted by Crippen LogP contribution is -2.60. The minimum atomic E-state index is 0.707. The van der Waals surface area contributed by atoms with Gasteiger partial charge in [-0.3, -0.25) is 0 Å². The molecule has 2 nitrogen and oxygen atoms in total. The van der Waals surface area contributed by atoms with Gasteiger partial charge in [0.2, 0.25) is 0 Å². The van der Waals surface area contributed by atoms with Gasteiger partial charge in [0, 0.05) is 12.1 Å². The van der Waals surface area contributed by atoms with Crippen molar-refractivity contribution >= 4 is 0 Å². The first kappa shape index (κ1) is 11.9. The Morgan fingerprint density at radius 1 is 1.17 bits per heavy atom. The minimum absolute atomic E-state index is 0.707. The van der Waals surface area contributed by atoms with Gasteiger partial charge in [-0.2, -0.15) is 0 Å². The van der Waals surface area contributed by atoms with Crippen LogP contribution in [0.1, 0.15) is 40.5 Å². The second-order valence-electron chi connectivity index (χ2n) is 3.04. The molecule has 3 saturated heterocycles. The Morgan fingerprint density at radius 3 is 1.58 bits per heavy atom. The quantitative estimate of drug-likeness (QED) is 0.606. The molecular weight excluding hydrogens is 150 g/mol. The normalized spacial score (nSPS) is 30.0. The van der Waals surface area contributed by atoms with Crippen LogP contribution in [0.3, 0.4) is 0 Å². The van der Waals surface area contributed by atoms with Crippen molar-refractivity contribution in [3.05, 3.63) is 0 Å². The Morgan fingerprint density at radius 2 is 1.50 bits per heavy atom. The van der Waals surface area contributed by atoms with Crippen LogP contribution in [-0.4, -0.2) is 25.3 Å². The molecule has 3 fully saturated rings. The van der Waals surface area contributed by atoms with Gasteiger partial charge >= 0.3 is 0 Å². The van der Waals surface area contributed by atoms with E-state index in [1.165, 1.54) is 12.8 Å². The average Bonchev–Trinajstić information content (AvgIpc) is 2.10. The first-order chi connectivity index (χ1) is 5.86. The van der Waals surface area contributed by atoms with E-state index in [9.17, 15) is 0 Å². The first-order valence-corrected chi connectivity index (χ1v) is 5.20. The number of rotatable bonds is 0. The molecule has 1 N–H and O–H groups in total. The summed E-state index contributed by atoms with van der Waals surface area (Å²) in [6.07, 6.45) is 2.60. The number of fused-ring (bicyclic) bond motifs is 2. The Bertz CT molecular complexity index is 76.3. The van der Waals surface area contributed by atoms with Crippen LogP contribution in [0.15, 0.2) is 0 Å². The third-order valence-electron chi connectivity index (χ3n) is 1.68. The van der Waals surface area contributed by atoms with Gasteiger partial charge in [0.25, 0.3) is 0 Å². The van der Waals surface area contributed by atoms with E-state index in [0.717, 1.165) is 13.2 Å². The topological polar surface area (TPSA) is 21.3 Å². The molecule has 0 aromatic heterocycles. The standard InChI is InChI=1S/C5H9NO.C3H8.C2H6/c1-4-2-7-3-5(1)6-4;1-3-2;1-2/h4-6H,1-3H2;3H2,1-2H3;1-2H3. The maximum Gasteiger partial charge on any atom is 0.0621 e. The van der Waals surface area contributed by atoms with E-state index in [0.29, 0.717) is 12.1 Å². The maximum atomic E-state index is 5.17. The molecule has 0 saturated carbocycles. The molecule has 3 aliphatic rings. The fourth-order valence-corrected chi connectivity index (χ4v) is 1.24. The van der Waals surface area contributed by atoms with Gasteiger partial charge < -0.3 is 10.1 Å². The lowest BCUT2D eigenvalue weighted by atomic mass is 9.96. The van der Waals surface area contributed by atoms with Crippen LogP contribution in [0.5, 0.6) is 0 Å². The molecule has 2 heteroatoms. The summed E-state index contributed by atoms with van der Waals surface area (Å²) >= 11 is 0. The predicted molar refractivity (Wildman–Crippen MR) is 53.5 cm³/mol. The van der Waals surface area contributed by atoms with Crippen LogP contribution in [-0.2, 0) is 4.74 Å². The third kappa shape index (κ3) is 4.07. The monoisotopic (exact) mass is 173 g/mol. The number of hydrogen-bond acceptors (Lipinski definition) is 2. The highest BCUT2D eigenvalue weighted by Gasteiger charge is 2.32. The second kappa shape index (κ2) is 7.56. The molecule has 3 rings (SSSR count). The lowest BCUT2D eigenvalue weighted by molar-refractivity contribution is -0.0172. The molecule has 3 aliphatic heterocycles. The number of nitrogens with one attached hydrogen (secondary N) is 1. The summed E-state index contributed by atoms with van der Waals surface area (Å²) in [6.45, 7) is 10.1. The van der Waals surface area contributed by atoms with Crippen LogP contribution < -0.4 is 5.32 Å². The molecule has 12 heavy (non-hydrogen) atoms. The maximum absolute atomic E-state index is 5.17. The molecule has 0 aromatic rings. The summed E-state index contributed by atoms with van der Waals surface area (Å²) < 4.78 is 5.17. The minimum Gasteiger partial charge on any atom is -0.378 e. The lowest BCUT2D eigenvalue weighted by Gasteiger charge is -2.42. The van der Waals surface area contributed by atoms with E-state index >= 15 is 0 Å². The van der Waals surface area contributed by atoms with E-state index in [1.807, 2.05) is 13.8 Å². The fraction of sp³-hybridized carbons (Fsp3) is 1.00. The molecular formula is C10H23NO. The van der Waals surface area contributed by atoms with Gasteiger partial charge in [-0.25, -0.2) is 0 Å². The van der Waals surface area contributed by atoms with Crippen molar-refractivity contribution in [2.24, 2.45) is 0 Å². The van der Waals surface area contributed by atoms with E-state index in [4.69, 9.17) is 4.74 Å². The Kier molecular flexibility index (Phi) is 7.51. The second-order valence-corrected chi connectivity index (χ2v) is 3.04. The van der Waals surface area contributed by atoms with Gasteiger partial charge in [-0.05, 0) is 6.42 Å². The zero-order valence-corrected chi connectivity index (χ0v) is 8.89. The SMILES string of the molecule is C1OCC2CC1N2.CC.CCC. The molecule has 0 aromatic carbocycles.